The Balaban J connectivity index is 4.73. The summed E-state index contributed by atoms with van der Waals surface area (Å²) in [6.45, 7) is 4.49. The molecule has 2 N–H and O–H groups in total. The highest BCUT2D eigenvalue weighted by Crippen LogP contribution is 2.43. The molecule has 0 bridgehead atoms. The second-order valence-electron chi connectivity index (χ2n) is 19.8. The number of carbonyl (C=O) groups is 3. The second kappa shape index (κ2) is 56.1. The van der Waals surface area contributed by atoms with Gasteiger partial charge < -0.3 is 24.2 Å². The lowest BCUT2D eigenvalue weighted by atomic mass is 10.0. The van der Waals surface area contributed by atoms with Crippen molar-refractivity contribution in [1.29, 1.82) is 0 Å². The van der Waals surface area contributed by atoms with Gasteiger partial charge in [0.05, 0.1) is 19.8 Å². The van der Waals surface area contributed by atoms with Gasteiger partial charge in [-0.25, -0.2) is 4.57 Å². The van der Waals surface area contributed by atoms with Gasteiger partial charge in [0.1, 0.15) is 12.7 Å². The largest absolute Gasteiger partial charge is 0.472 e. The average Bonchev–Trinajstić information content (AvgIpc) is 3.39. The fraction of sp³-hybridized carbons (Fsp3) is 0.758. The van der Waals surface area contributed by atoms with E-state index in [2.05, 4.69) is 93.7 Å². The van der Waals surface area contributed by atoms with Crippen molar-refractivity contribution < 1.29 is 52.2 Å². The maximum absolute atomic E-state index is 12.9. The summed E-state index contributed by atoms with van der Waals surface area (Å²) in [5, 5.41) is 9.82. The first kappa shape index (κ1) is 70.9. The normalized spacial score (nSPS) is 13.9. The molecule has 0 aromatic heterocycles. The maximum atomic E-state index is 12.9. The van der Waals surface area contributed by atoms with Crippen LogP contribution in [0.25, 0.3) is 0 Å². The molecule has 74 heavy (non-hydrogen) atoms. The summed E-state index contributed by atoms with van der Waals surface area (Å²) >= 11 is 0. The van der Waals surface area contributed by atoms with Crippen molar-refractivity contribution in [2.75, 3.05) is 26.4 Å². The second-order valence-corrected chi connectivity index (χ2v) is 21.2. The van der Waals surface area contributed by atoms with E-state index in [1.54, 1.807) is 0 Å². The van der Waals surface area contributed by atoms with Gasteiger partial charge in [-0.2, -0.15) is 0 Å². The van der Waals surface area contributed by atoms with Crippen LogP contribution in [-0.2, 0) is 42.2 Å². The Morgan fingerprint density at radius 3 is 1.11 bits per heavy atom. The molecule has 0 aliphatic rings. The van der Waals surface area contributed by atoms with E-state index in [1.807, 2.05) is 0 Å². The molecular weight excluding hydrogens is 952 g/mol. The quantitative estimate of drug-likeness (QED) is 0.0197. The number of aliphatic hydroxyl groups excluding tert-OH is 1. The molecule has 12 heteroatoms. The van der Waals surface area contributed by atoms with Crippen molar-refractivity contribution in [3.8, 4) is 0 Å². The molecule has 0 saturated heterocycles. The van der Waals surface area contributed by atoms with Crippen molar-refractivity contribution in [2.45, 2.75) is 277 Å². The highest BCUT2D eigenvalue weighted by atomic mass is 31.2. The molecule has 0 spiro atoms. The number of unbranched alkanes of at least 4 members (excludes halogenated alkanes) is 26. The Bertz CT molecular complexity index is 1520. The van der Waals surface area contributed by atoms with Crippen LogP contribution in [0.4, 0.5) is 0 Å². The monoisotopic (exact) mass is 1060 g/mol. The van der Waals surface area contributed by atoms with Crippen LogP contribution in [0.15, 0.2) is 72.9 Å². The third kappa shape index (κ3) is 53.7. The summed E-state index contributed by atoms with van der Waals surface area (Å²) < 4.78 is 39.5. The third-order valence-electron chi connectivity index (χ3n) is 12.6. The van der Waals surface area contributed by atoms with Crippen LogP contribution in [0.3, 0.4) is 0 Å². The van der Waals surface area contributed by atoms with Gasteiger partial charge in [-0.1, -0.05) is 229 Å². The summed E-state index contributed by atoms with van der Waals surface area (Å²) in [7, 11) is -4.76. The molecule has 11 nitrogen and oxygen atoms in total. The summed E-state index contributed by atoms with van der Waals surface area (Å²) in [4.78, 5) is 48.6. The number of hydrogen-bond acceptors (Lipinski definition) is 10. The van der Waals surface area contributed by atoms with E-state index in [-0.39, 0.29) is 25.9 Å². The number of rotatable bonds is 55. The number of ether oxygens (including phenoxy) is 3. The zero-order chi connectivity index (χ0) is 54.1. The van der Waals surface area contributed by atoms with E-state index >= 15 is 0 Å². The lowest BCUT2D eigenvalue weighted by Gasteiger charge is -2.21. The fourth-order valence-electron chi connectivity index (χ4n) is 8.08. The molecule has 0 amide bonds. The Hall–Kier alpha value is -3.08. The van der Waals surface area contributed by atoms with Crippen LogP contribution in [-0.4, -0.2) is 66.5 Å². The topological polar surface area (TPSA) is 155 Å². The number of hydrogen-bond donors (Lipinski definition) is 2. The molecule has 0 aliphatic heterocycles. The van der Waals surface area contributed by atoms with E-state index in [0.717, 1.165) is 122 Å². The molecular formula is C62H109O11P. The van der Waals surface area contributed by atoms with Gasteiger partial charge in [0.2, 0.25) is 0 Å². The molecule has 0 aromatic rings. The highest BCUT2D eigenvalue weighted by molar-refractivity contribution is 7.47. The lowest BCUT2D eigenvalue weighted by Crippen LogP contribution is -2.30. The number of phosphoric acid groups is 1. The van der Waals surface area contributed by atoms with Crippen LogP contribution in [0.2, 0.25) is 0 Å². The van der Waals surface area contributed by atoms with Crippen molar-refractivity contribution in [1.82, 2.24) is 0 Å². The zero-order valence-corrected chi connectivity index (χ0v) is 48.2. The molecule has 428 valence electrons. The molecule has 0 radical (unpaired) electrons. The predicted octanol–water partition coefficient (Wildman–Crippen LogP) is 17.7. The van der Waals surface area contributed by atoms with Crippen molar-refractivity contribution in [3.05, 3.63) is 72.9 Å². The molecule has 0 saturated carbocycles. The fourth-order valence-corrected chi connectivity index (χ4v) is 8.87. The number of carbonyl (C=O) groups excluding carboxylic acids is 3. The Labute approximate surface area is 452 Å². The van der Waals surface area contributed by atoms with Crippen LogP contribution < -0.4 is 0 Å². The SMILES string of the molecule is CC/C=C\C/C=C\C/C=C\CCCCCCCC(=O)OC(CO)COP(=O)(O)OCC(COC(=O)CCCCCCCCCCCCCCC)OC(=O)CCCCCCCC/C=C\C/C=C\C/C=C\CCCCC. The van der Waals surface area contributed by atoms with Crippen molar-refractivity contribution in [3.63, 3.8) is 0 Å². The van der Waals surface area contributed by atoms with Gasteiger partial charge in [-0.05, 0) is 89.9 Å². The Morgan fingerprint density at radius 1 is 0.392 bits per heavy atom. The zero-order valence-electron chi connectivity index (χ0n) is 47.3. The third-order valence-corrected chi connectivity index (χ3v) is 13.6. The molecule has 0 aromatic carbocycles. The van der Waals surface area contributed by atoms with Gasteiger partial charge in [-0.3, -0.25) is 23.4 Å². The van der Waals surface area contributed by atoms with E-state index in [4.69, 9.17) is 23.3 Å². The molecule has 3 atom stereocenters. The smallest absolute Gasteiger partial charge is 0.462 e. The minimum absolute atomic E-state index is 0.152. The van der Waals surface area contributed by atoms with Gasteiger partial charge >= 0.3 is 25.7 Å². The Kier molecular flexibility index (Phi) is 53.8. The first-order valence-electron chi connectivity index (χ1n) is 29.8. The number of aliphatic hydroxyl groups is 1. The number of esters is 3. The highest BCUT2D eigenvalue weighted by Gasteiger charge is 2.28. The average molecular weight is 1060 g/mol. The molecule has 0 aliphatic carbocycles. The summed E-state index contributed by atoms with van der Waals surface area (Å²) in [6.07, 6.45) is 62.8. The van der Waals surface area contributed by atoms with E-state index in [1.165, 1.54) is 83.5 Å². The molecule has 3 unspecified atom stereocenters. The standard InChI is InChI=1S/C62H109O11P/c1-4-7-10-13-16-19-22-25-27-28-29-30-32-35-38-41-44-47-50-53-62(66)73-59(55-69-60(64)51-48-45-42-39-36-33-24-21-18-15-12-9-6-3)57-71-74(67,68)70-56-58(54-63)72-61(65)52-49-46-43-40-37-34-31-26-23-20-17-14-11-8-5-2/h8,11,16-17,19-20,25-27,29-31,58-59,63H,4-7,9-10,12-15,18,21-24,28,32-57H2,1-3H3,(H,67,68)/b11-8-,19-16-,20-17-,27-25-,30-29-,31-26-. The van der Waals surface area contributed by atoms with Gasteiger partial charge in [0.15, 0.2) is 6.10 Å². The summed E-state index contributed by atoms with van der Waals surface area (Å²) in [6, 6.07) is 0. The van der Waals surface area contributed by atoms with E-state index < -0.39 is 57.8 Å². The van der Waals surface area contributed by atoms with Gasteiger partial charge in [-0.15, -0.1) is 0 Å². The van der Waals surface area contributed by atoms with Crippen LogP contribution >= 0.6 is 7.82 Å². The van der Waals surface area contributed by atoms with Crippen LogP contribution in [0, 0.1) is 0 Å². The van der Waals surface area contributed by atoms with Gasteiger partial charge in [0.25, 0.3) is 0 Å². The van der Waals surface area contributed by atoms with Crippen LogP contribution in [0.5, 0.6) is 0 Å². The first-order valence-corrected chi connectivity index (χ1v) is 31.3. The van der Waals surface area contributed by atoms with Crippen molar-refractivity contribution in [2.24, 2.45) is 0 Å². The molecule has 0 heterocycles. The first-order chi connectivity index (χ1) is 36.2. The minimum atomic E-state index is -4.76. The maximum Gasteiger partial charge on any atom is 0.472 e. The predicted molar refractivity (Wildman–Crippen MR) is 307 cm³/mol. The van der Waals surface area contributed by atoms with Crippen LogP contribution in [0.1, 0.15) is 265 Å². The summed E-state index contributed by atoms with van der Waals surface area (Å²) in [5.74, 6) is -1.49. The lowest BCUT2D eigenvalue weighted by molar-refractivity contribution is -0.161. The number of phosphoric ester groups is 1. The van der Waals surface area contributed by atoms with E-state index in [0.29, 0.717) is 19.3 Å². The van der Waals surface area contributed by atoms with E-state index in [9.17, 15) is 28.9 Å². The van der Waals surface area contributed by atoms with Crippen molar-refractivity contribution >= 4 is 25.7 Å². The molecule has 0 rings (SSSR count). The molecule has 0 fully saturated rings. The van der Waals surface area contributed by atoms with Gasteiger partial charge in [0, 0.05) is 19.3 Å². The summed E-state index contributed by atoms with van der Waals surface area (Å²) in [5.41, 5.74) is 0. The Morgan fingerprint density at radius 2 is 0.703 bits per heavy atom. The number of allylic oxidation sites excluding steroid dienone is 12. The minimum Gasteiger partial charge on any atom is -0.462 e.